The number of carbonyl (C=O) groups excluding carboxylic acids is 2. The Labute approximate surface area is 149 Å². The summed E-state index contributed by atoms with van der Waals surface area (Å²) in [5.41, 5.74) is 2.50. The molecule has 0 bridgehead atoms. The Kier molecular flexibility index (Phi) is 4.02. The number of Topliss-reactive ketones (excluding diaryl/α,β-unsaturated/α-hetero) is 1. The molecule has 1 aromatic carbocycles. The summed E-state index contributed by atoms with van der Waals surface area (Å²) in [6.45, 7) is 0. The SMILES string of the molecule is O=C1C[C@@H](c2cccc(Cl)c2)C2=C(C[C@H](c3cccs3)CC2=O)N1. The summed E-state index contributed by atoms with van der Waals surface area (Å²) in [6, 6.07) is 11.5. The zero-order chi connectivity index (χ0) is 16.7. The quantitative estimate of drug-likeness (QED) is 0.865. The van der Waals surface area contributed by atoms with Crippen molar-refractivity contribution in [2.45, 2.75) is 31.1 Å². The molecule has 0 unspecified atom stereocenters. The molecule has 1 aliphatic carbocycles. The highest BCUT2D eigenvalue weighted by atomic mass is 35.5. The van der Waals surface area contributed by atoms with Gasteiger partial charge in [-0.2, -0.15) is 0 Å². The molecule has 2 aliphatic rings. The summed E-state index contributed by atoms with van der Waals surface area (Å²) >= 11 is 7.77. The van der Waals surface area contributed by atoms with Gasteiger partial charge in [0.05, 0.1) is 0 Å². The van der Waals surface area contributed by atoms with E-state index in [1.54, 1.807) is 17.4 Å². The topological polar surface area (TPSA) is 46.2 Å². The van der Waals surface area contributed by atoms with Crippen molar-refractivity contribution in [2.75, 3.05) is 0 Å². The molecule has 3 nitrogen and oxygen atoms in total. The van der Waals surface area contributed by atoms with Crippen LogP contribution in [-0.2, 0) is 9.59 Å². The molecule has 1 N–H and O–H groups in total. The Morgan fingerprint density at radius 3 is 2.71 bits per heavy atom. The molecule has 0 radical (unpaired) electrons. The number of halogens is 1. The second-order valence-electron chi connectivity index (χ2n) is 6.30. The van der Waals surface area contributed by atoms with E-state index in [1.807, 2.05) is 29.6 Å². The number of thiophene rings is 1. The van der Waals surface area contributed by atoms with E-state index in [1.165, 1.54) is 4.88 Å². The van der Waals surface area contributed by atoms with Crippen molar-refractivity contribution in [3.05, 3.63) is 68.5 Å². The highest BCUT2D eigenvalue weighted by Crippen LogP contribution is 2.43. The van der Waals surface area contributed by atoms with Crippen LogP contribution in [0.2, 0.25) is 5.02 Å². The molecule has 1 amide bonds. The number of rotatable bonds is 2. The van der Waals surface area contributed by atoms with Gasteiger partial charge in [-0.15, -0.1) is 11.3 Å². The highest BCUT2D eigenvalue weighted by Gasteiger charge is 2.38. The summed E-state index contributed by atoms with van der Waals surface area (Å²) in [6.07, 6.45) is 1.52. The largest absolute Gasteiger partial charge is 0.329 e. The Hall–Kier alpha value is -1.91. The molecule has 2 atom stereocenters. The van der Waals surface area contributed by atoms with Crippen LogP contribution in [0.4, 0.5) is 0 Å². The first-order valence-corrected chi connectivity index (χ1v) is 9.22. The van der Waals surface area contributed by atoms with Gasteiger partial charge in [-0.1, -0.05) is 29.8 Å². The fourth-order valence-electron chi connectivity index (χ4n) is 3.69. The van der Waals surface area contributed by atoms with Crippen LogP contribution in [0.5, 0.6) is 0 Å². The maximum Gasteiger partial charge on any atom is 0.225 e. The predicted octanol–water partition coefficient (Wildman–Crippen LogP) is 4.41. The van der Waals surface area contributed by atoms with Crippen molar-refractivity contribution >= 4 is 34.6 Å². The lowest BCUT2D eigenvalue weighted by atomic mass is 9.75. The van der Waals surface area contributed by atoms with Crippen molar-refractivity contribution in [1.29, 1.82) is 0 Å². The minimum atomic E-state index is -0.191. The van der Waals surface area contributed by atoms with E-state index in [9.17, 15) is 9.59 Å². The maximum absolute atomic E-state index is 12.9. The monoisotopic (exact) mass is 357 g/mol. The lowest BCUT2D eigenvalue weighted by Gasteiger charge is -2.34. The van der Waals surface area contributed by atoms with Crippen LogP contribution >= 0.6 is 22.9 Å². The van der Waals surface area contributed by atoms with Gasteiger partial charge in [-0.3, -0.25) is 9.59 Å². The molecule has 0 saturated heterocycles. The smallest absolute Gasteiger partial charge is 0.225 e. The van der Waals surface area contributed by atoms with Gasteiger partial charge in [0.25, 0.3) is 0 Å². The minimum absolute atomic E-state index is 0.0293. The second-order valence-corrected chi connectivity index (χ2v) is 7.71. The van der Waals surface area contributed by atoms with Crippen LogP contribution in [-0.4, -0.2) is 11.7 Å². The van der Waals surface area contributed by atoms with Gasteiger partial charge < -0.3 is 5.32 Å². The Bertz CT molecular complexity index is 841. The van der Waals surface area contributed by atoms with Crippen LogP contribution in [0.3, 0.4) is 0 Å². The van der Waals surface area contributed by atoms with E-state index in [4.69, 9.17) is 11.6 Å². The molecular formula is C19H16ClNO2S. The first-order valence-electron chi connectivity index (χ1n) is 7.97. The first kappa shape index (κ1) is 15.6. The van der Waals surface area contributed by atoms with Gasteiger partial charge in [0.1, 0.15) is 0 Å². The number of ketones is 1. The van der Waals surface area contributed by atoms with Crippen molar-refractivity contribution in [1.82, 2.24) is 5.32 Å². The second kappa shape index (κ2) is 6.19. The lowest BCUT2D eigenvalue weighted by molar-refractivity contribution is -0.122. The van der Waals surface area contributed by atoms with Crippen molar-refractivity contribution in [3.63, 3.8) is 0 Å². The summed E-state index contributed by atoms with van der Waals surface area (Å²) in [4.78, 5) is 26.3. The third kappa shape index (κ3) is 2.80. The number of amides is 1. The standard InChI is InChI=1S/C19H16ClNO2S/c20-13-4-1-3-11(7-13)14-10-18(23)21-15-8-12(9-16(22)19(14)15)17-5-2-6-24-17/h1-7,12,14H,8-10H2,(H,21,23)/t12-,14-/m0/s1. The van der Waals surface area contributed by atoms with Gasteiger partial charge in [0.2, 0.25) is 5.91 Å². The zero-order valence-corrected chi connectivity index (χ0v) is 14.5. The molecule has 0 saturated carbocycles. The van der Waals surface area contributed by atoms with E-state index < -0.39 is 0 Å². The molecule has 4 rings (SSSR count). The Morgan fingerprint density at radius 1 is 1.08 bits per heavy atom. The van der Waals surface area contributed by atoms with Gasteiger partial charge in [-0.25, -0.2) is 0 Å². The summed E-state index contributed by atoms with van der Waals surface area (Å²) in [7, 11) is 0. The lowest BCUT2D eigenvalue weighted by Crippen LogP contribution is -2.38. The fourth-order valence-corrected chi connectivity index (χ4v) is 4.72. The van der Waals surface area contributed by atoms with Crippen LogP contribution in [0, 0.1) is 0 Å². The fraction of sp³-hybridized carbons (Fsp3) is 0.263. The molecule has 1 aromatic heterocycles. The van der Waals surface area contributed by atoms with Gasteiger partial charge in [0, 0.05) is 45.8 Å². The zero-order valence-electron chi connectivity index (χ0n) is 12.9. The van der Waals surface area contributed by atoms with Gasteiger partial charge in [-0.05, 0) is 35.6 Å². The van der Waals surface area contributed by atoms with E-state index in [-0.39, 0.29) is 23.5 Å². The molecule has 122 valence electrons. The average Bonchev–Trinajstić information content (AvgIpc) is 3.08. The number of benzene rings is 1. The third-order valence-electron chi connectivity index (χ3n) is 4.73. The van der Waals surface area contributed by atoms with Gasteiger partial charge in [0.15, 0.2) is 5.78 Å². The van der Waals surface area contributed by atoms with E-state index in [0.717, 1.165) is 16.8 Å². The van der Waals surface area contributed by atoms with Crippen molar-refractivity contribution in [2.24, 2.45) is 0 Å². The molecule has 0 spiro atoms. The molecule has 5 heteroatoms. The van der Waals surface area contributed by atoms with Crippen LogP contribution in [0.15, 0.2) is 53.0 Å². The van der Waals surface area contributed by atoms with E-state index in [2.05, 4.69) is 11.4 Å². The van der Waals surface area contributed by atoms with E-state index >= 15 is 0 Å². The summed E-state index contributed by atoms with van der Waals surface area (Å²) in [5.74, 6) is 0.0804. The Morgan fingerprint density at radius 2 is 1.96 bits per heavy atom. The van der Waals surface area contributed by atoms with Crippen LogP contribution in [0.1, 0.15) is 41.5 Å². The summed E-state index contributed by atoms with van der Waals surface area (Å²) < 4.78 is 0. The third-order valence-corrected chi connectivity index (χ3v) is 6.00. The maximum atomic E-state index is 12.9. The number of carbonyl (C=O) groups is 2. The van der Waals surface area contributed by atoms with Crippen molar-refractivity contribution in [3.8, 4) is 0 Å². The normalized spacial score (nSPS) is 23.9. The molecule has 0 fully saturated rings. The number of hydrogen-bond acceptors (Lipinski definition) is 3. The van der Waals surface area contributed by atoms with Crippen LogP contribution in [0.25, 0.3) is 0 Å². The number of nitrogens with one attached hydrogen (secondary N) is 1. The van der Waals surface area contributed by atoms with E-state index in [0.29, 0.717) is 24.3 Å². The van der Waals surface area contributed by atoms with Crippen molar-refractivity contribution < 1.29 is 9.59 Å². The summed E-state index contributed by atoms with van der Waals surface area (Å²) in [5, 5.41) is 5.60. The predicted molar refractivity (Wildman–Crippen MR) is 95.3 cm³/mol. The molecular weight excluding hydrogens is 342 g/mol. The highest BCUT2D eigenvalue weighted by molar-refractivity contribution is 7.10. The molecule has 1 aliphatic heterocycles. The first-order chi connectivity index (χ1) is 11.6. The molecule has 24 heavy (non-hydrogen) atoms. The Balaban J connectivity index is 1.74. The average molecular weight is 358 g/mol. The number of hydrogen-bond donors (Lipinski definition) is 1. The van der Waals surface area contributed by atoms with Gasteiger partial charge >= 0.3 is 0 Å². The molecule has 2 heterocycles. The van der Waals surface area contributed by atoms with Crippen LogP contribution < -0.4 is 5.32 Å². The number of allylic oxidation sites excluding steroid dienone is 2. The molecule has 2 aromatic rings. The minimum Gasteiger partial charge on any atom is -0.329 e.